The number of hydrogen-bond donors (Lipinski definition) is 0. The number of aromatic nitrogens is 4. The largest absolute Gasteiger partial charge is 0.335 e. The summed E-state index contributed by atoms with van der Waals surface area (Å²) in [7, 11) is 3.75. The first-order valence-corrected chi connectivity index (χ1v) is 8.66. The maximum absolute atomic E-state index is 12.8. The molecule has 0 saturated carbocycles. The number of carbonyl (C=O) groups is 1. The minimum Gasteiger partial charge on any atom is -0.335 e. The number of nitrogens with zero attached hydrogens (tertiary/aromatic N) is 5. The first-order valence-electron chi connectivity index (χ1n) is 7.85. The van der Waals surface area contributed by atoms with Gasteiger partial charge in [-0.25, -0.2) is 9.50 Å². The molecule has 1 aliphatic rings. The van der Waals surface area contributed by atoms with E-state index in [1.54, 1.807) is 26.9 Å². The fourth-order valence-corrected chi connectivity index (χ4v) is 4.36. The Bertz CT molecular complexity index is 851. The normalized spacial score (nSPS) is 14.2. The van der Waals surface area contributed by atoms with E-state index < -0.39 is 0 Å². The van der Waals surface area contributed by atoms with E-state index in [4.69, 9.17) is 4.98 Å². The second-order valence-electron chi connectivity index (χ2n) is 6.08. The molecule has 6 nitrogen and oxygen atoms in total. The maximum Gasteiger partial charge on any atom is 0.259 e. The molecule has 0 unspecified atom stereocenters. The molecule has 7 heteroatoms. The number of fused-ring (bicyclic) bond motifs is 2. The number of thiazole rings is 1. The quantitative estimate of drug-likeness (QED) is 0.741. The van der Waals surface area contributed by atoms with Crippen molar-refractivity contribution in [2.45, 2.75) is 32.2 Å². The lowest BCUT2D eigenvalue weighted by Gasteiger charge is -2.14. The monoisotopic (exact) mass is 329 g/mol. The van der Waals surface area contributed by atoms with Crippen LogP contribution >= 0.6 is 11.3 Å². The lowest BCUT2D eigenvalue weighted by atomic mass is 10.0. The van der Waals surface area contributed by atoms with Crippen LogP contribution in [0.5, 0.6) is 0 Å². The Morgan fingerprint density at radius 3 is 3.00 bits per heavy atom. The summed E-state index contributed by atoms with van der Waals surface area (Å²) in [6.07, 6.45) is 10.1. The van der Waals surface area contributed by atoms with Crippen LogP contribution in [0.15, 0.2) is 18.6 Å². The van der Waals surface area contributed by atoms with Crippen LogP contribution in [0.3, 0.4) is 0 Å². The third-order valence-corrected chi connectivity index (χ3v) is 5.52. The van der Waals surface area contributed by atoms with Crippen LogP contribution < -0.4 is 0 Å². The summed E-state index contributed by atoms with van der Waals surface area (Å²) in [4.78, 5) is 20.6. The Hall–Kier alpha value is -2.15. The Labute approximate surface area is 138 Å². The van der Waals surface area contributed by atoms with Gasteiger partial charge in [-0.3, -0.25) is 4.79 Å². The van der Waals surface area contributed by atoms with Crippen molar-refractivity contribution in [2.24, 2.45) is 7.05 Å². The van der Waals surface area contributed by atoms with Crippen molar-refractivity contribution in [3.63, 3.8) is 0 Å². The molecule has 0 N–H and O–H groups in total. The molecular formula is C16H19N5OS. The van der Waals surface area contributed by atoms with Gasteiger partial charge >= 0.3 is 0 Å². The van der Waals surface area contributed by atoms with Crippen LogP contribution in [0.4, 0.5) is 0 Å². The molecule has 0 fully saturated rings. The van der Waals surface area contributed by atoms with Crippen molar-refractivity contribution in [1.82, 2.24) is 24.1 Å². The van der Waals surface area contributed by atoms with Crippen molar-refractivity contribution >= 4 is 22.9 Å². The lowest BCUT2D eigenvalue weighted by Crippen LogP contribution is -2.26. The van der Waals surface area contributed by atoms with E-state index in [2.05, 4.69) is 5.10 Å². The minimum atomic E-state index is -0.0185. The second kappa shape index (κ2) is 5.49. The molecule has 0 saturated heterocycles. The van der Waals surface area contributed by atoms with Crippen molar-refractivity contribution < 1.29 is 4.79 Å². The molecule has 1 aliphatic carbocycles. The van der Waals surface area contributed by atoms with Crippen molar-refractivity contribution in [3.8, 4) is 0 Å². The molecule has 3 aromatic rings. The zero-order chi connectivity index (χ0) is 16.0. The number of carbonyl (C=O) groups excluding carboxylic acids is 1. The fraction of sp³-hybridized carbons (Fsp3) is 0.438. The zero-order valence-electron chi connectivity index (χ0n) is 13.3. The van der Waals surface area contributed by atoms with E-state index in [1.807, 2.05) is 31.1 Å². The maximum atomic E-state index is 12.8. The van der Waals surface area contributed by atoms with E-state index in [1.165, 1.54) is 23.4 Å². The van der Waals surface area contributed by atoms with Gasteiger partial charge in [0.25, 0.3) is 5.91 Å². The van der Waals surface area contributed by atoms with Gasteiger partial charge < -0.3 is 9.47 Å². The number of hydrogen-bond acceptors (Lipinski definition) is 4. The van der Waals surface area contributed by atoms with Gasteiger partial charge in [0, 0.05) is 31.4 Å². The van der Waals surface area contributed by atoms with Crippen LogP contribution in [-0.4, -0.2) is 37.0 Å². The summed E-state index contributed by atoms with van der Waals surface area (Å²) in [6, 6.07) is 0. The van der Waals surface area contributed by atoms with Gasteiger partial charge in [0.15, 0.2) is 0 Å². The summed E-state index contributed by atoms with van der Waals surface area (Å²) in [5, 5.41) is 5.27. The first kappa shape index (κ1) is 14.4. The van der Waals surface area contributed by atoms with Gasteiger partial charge in [-0.1, -0.05) is 0 Å². The fourth-order valence-electron chi connectivity index (χ4n) is 3.15. The average Bonchev–Trinajstić information content (AvgIpc) is 3.22. The number of rotatable bonds is 3. The highest BCUT2D eigenvalue weighted by atomic mass is 32.1. The SMILES string of the molecule is CN(Cc1nc2c(s1)CCCC2)C(=O)c1cnn2ccn(C)c12. The summed E-state index contributed by atoms with van der Waals surface area (Å²) in [6.45, 7) is 0.554. The molecule has 0 bridgehead atoms. The van der Waals surface area contributed by atoms with Crippen LogP contribution in [0, 0.1) is 0 Å². The second-order valence-corrected chi connectivity index (χ2v) is 7.25. The summed E-state index contributed by atoms with van der Waals surface area (Å²) in [5.41, 5.74) is 2.69. The average molecular weight is 329 g/mol. The first-order chi connectivity index (χ1) is 11.1. The predicted octanol–water partition coefficient (Wildman–Crippen LogP) is 2.28. The summed E-state index contributed by atoms with van der Waals surface area (Å²) < 4.78 is 3.64. The van der Waals surface area contributed by atoms with Crippen LogP contribution in [0.25, 0.3) is 5.65 Å². The van der Waals surface area contributed by atoms with Gasteiger partial charge in [0.1, 0.15) is 16.2 Å². The standard InChI is InChI=1S/C16H19N5OS/c1-19-7-8-21-15(19)11(9-17-21)16(22)20(2)10-14-18-12-5-3-4-6-13(12)23-14/h7-9H,3-6,10H2,1-2H3. The lowest BCUT2D eigenvalue weighted by molar-refractivity contribution is 0.0786. The minimum absolute atomic E-state index is 0.0185. The highest BCUT2D eigenvalue weighted by Crippen LogP contribution is 2.27. The molecule has 0 spiro atoms. The molecular weight excluding hydrogens is 310 g/mol. The van der Waals surface area contributed by atoms with E-state index in [0.717, 1.165) is 23.5 Å². The van der Waals surface area contributed by atoms with Gasteiger partial charge in [-0.2, -0.15) is 5.10 Å². The Morgan fingerprint density at radius 2 is 2.17 bits per heavy atom. The molecule has 23 heavy (non-hydrogen) atoms. The number of aryl methyl sites for hydroxylation is 3. The van der Waals surface area contributed by atoms with E-state index in [9.17, 15) is 4.79 Å². The molecule has 3 aromatic heterocycles. The highest BCUT2D eigenvalue weighted by Gasteiger charge is 2.21. The molecule has 0 atom stereocenters. The van der Waals surface area contributed by atoms with Crippen LogP contribution in [0.1, 0.15) is 38.8 Å². The smallest absolute Gasteiger partial charge is 0.259 e. The van der Waals surface area contributed by atoms with Crippen molar-refractivity contribution in [3.05, 3.63) is 39.7 Å². The highest BCUT2D eigenvalue weighted by molar-refractivity contribution is 7.11. The molecule has 1 amide bonds. The van der Waals surface area contributed by atoms with Crippen LogP contribution in [0.2, 0.25) is 0 Å². The Morgan fingerprint density at radius 1 is 1.35 bits per heavy atom. The molecule has 3 heterocycles. The zero-order valence-corrected chi connectivity index (χ0v) is 14.1. The van der Waals surface area contributed by atoms with Gasteiger partial charge in [-0.05, 0) is 25.7 Å². The van der Waals surface area contributed by atoms with Gasteiger partial charge in [0.05, 0.1) is 18.4 Å². The number of imidazole rings is 1. The topological polar surface area (TPSA) is 55.4 Å². The predicted molar refractivity (Wildman–Crippen MR) is 88.7 cm³/mol. The third kappa shape index (κ3) is 2.45. The molecule has 0 radical (unpaired) electrons. The van der Waals surface area contributed by atoms with Gasteiger partial charge in [-0.15, -0.1) is 11.3 Å². The molecule has 0 aliphatic heterocycles. The Balaban J connectivity index is 1.56. The molecule has 120 valence electrons. The summed E-state index contributed by atoms with van der Waals surface area (Å²) >= 11 is 1.76. The van der Waals surface area contributed by atoms with Gasteiger partial charge in [0.2, 0.25) is 0 Å². The Kier molecular flexibility index (Phi) is 3.45. The third-order valence-electron chi connectivity index (χ3n) is 4.37. The van der Waals surface area contributed by atoms with E-state index in [0.29, 0.717) is 12.1 Å². The number of amides is 1. The van der Waals surface area contributed by atoms with Crippen LogP contribution in [-0.2, 0) is 26.4 Å². The molecule has 0 aromatic carbocycles. The van der Waals surface area contributed by atoms with E-state index >= 15 is 0 Å². The van der Waals surface area contributed by atoms with Crippen molar-refractivity contribution in [2.75, 3.05) is 7.05 Å². The molecule has 4 rings (SSSR count). The van der Waals surface area contributed by atoms with Crippen molar-refractivity contribution in [1.29, 1.82) is 0 Å². The summed E-state index contributed by atoms with van der Waals surface area (Å²) in [5.74, 6) is -0.0185. The van der Waals surface area contributed by atoms with E-state index in [-0.39, 0.29) is 5.91 Å².